The van der Waals surface area contributed by atoms with Crippen LogP contribution in [0, 0.1) is 0 Å². The number of hydrogen-bond acceptors (Lipinski definition) is 5. The van der Waals surface area contributed by atoms with E-state index in [4.69, 9.17) is 9.63 Å². The number of carboxylic acids is 1. The Morgan fingerprint density at radius 2 is 2.32 bits per heavy atom. The first-order valence-corrected chi connectivity index (χ1v) is 6.18. The van der Waals surface area contributed by atoms with Crippen molar-refractivity contribution in [3.8, 4) is 11.4 Å². The fourth-order valence-electron chi connectivity index (χ4n) is 1.78. The number of pyridine rings is 1. The van der Waals surface area contributed by atoms with Gasteiger partial charge in [0.25, 0.3) is 0 Å². The maximum atomic E-state index is 10.4. The van der Waals surface area contributed by atoms with Crippen molar-refractivity contribution in [2.45, 2.75) is 32.6 Å². The van der Waals surface area contributed by atoms with Crippen LogP contribution < -0.4 is 0 Å². The highest BCUT2D eigenvalue weighted by Gasteiger charge is 2.12. The Morgan fingerprint density at radius 3 is 3.05 bits per heavy atom. The molecule has 2 heterocycles. The predicted octanol–water partition coefficient (Wildman–Crippen LogP) is 2.10. The number of rotatable bonds is 6. The van der Waals surface area contributed by atoms with Crippen LogP contribution in [0.25, 0.3) is 11.4 Å². The average molecular weight is 261 g/mol. The van der Waals surface area contributed by atoms with Gasteiger partial charge in [-0.3, -0.25) is 9.78 Å². The van der Waals surface area contributed by atoms with Crippen molar-refractivity contribution in [1.29, 1.82) is 0 Å². The topological polar surface area (TPSA) is 89.1 Å². The van der Waals surface area contributed by atoms with Gasteiger partial charge < -0.3 is 9.63 Å². The summed E-state index contributed by atoms with van der Waals surface area (Å²) in [5.41, 5.74) is 1.96. The minimum absolute atomic E-state index is 0.104. The zero-order valence-electron chi connectivity index (χ0n) is 10.7. The van der Waals surface area contributed by atoms with Gasteiger partial charge in [-0.25, -0.2) is 0 Å². The van der Waals surface area contributed by atoms with Crippen LogP contribution in [-0.2, 0) is 17.6 Å². The Balaban J connectivity index is 2.10. The number of aromatic nitrogens is 3. The van der Waals surface area contributed by atoms with Crippen LogP contribution in [0.5, 0.6) is 0 Å². The maximum absolute atomic E-state index is 10.4. The van der Waals surface area contributed by atoms with Crippen molar-refractivity contribution in [3.63, 3.8) is 0 Å². The molecule has 0 aliphatic carbocycles. The summed E-state index contributed by atoms with van der Waals surface area (Å²) in [7, 11) is 0. The second-order valence-electron chi connectivity index (χ2n) is 4.15. The van der Waals surface area contributed by atoms with Gasteiger partial charge in [0, 0.05) is 30.8 Å². The maximum Gasteiger partial charge on any atom is 0.303 e. The molecule has 100 valence electrons. The Hall–Kier alpha value is -2.24. The number of carboxylic acid groups (broad SMARTS) is 1. The molecule has 0 saturated heterocycles. The summed E-state index contributed by atoms with van der Waals surface area (Å²) in [4.78, 5) is 18.8. The van der Waals surface area contributed by atoms with E-state index in [-0.39, 0.29) is 6.42 Å². The van der Waals surface area contributed by atoms with Crippen LogP contribution in [0.1, 0.15) is 31.2 Å². The summed E-state index contributed by atoms with van der Waals surface area (Å²) in [6.45, 7) is 2.04. The van der Waals surface area contributed by atoms with Crippen LogP contribution in [-0.4, -0.2) is 26.2 Å². The summed E-state index contributed by atoms with van der Waals surface area (Å²) < 4.78 is 5.13. The number of nitrogens with zero attached hydrogens (tertiary/aromatic N) is 3. The third kappa shape index (κ3) is 3.37. The van der Waals surface area contributed by atoms with Crippen molar-refractivity contribution >= 4 is 5.97 Å². The van der Waals surface area contributed by atoms with Crippen molar-refractivity contribution in [2.24, 2.45) is 0 Å². The second-order valence-corrected chi connectivity index (χ2v) is 4.15. The van der Waals surface area contributed by atoms with E-state index >= 15 is 0 Å². The molecule has 0 spiro atoms. The summed E-state index contributed by atoms with van der Waals surface area (Å²) in [6.07, 6.45) is 5.39. The lowest BCUT2D eigenvalue weighted by molar-refractivity contribution is -0.137. The number of hydrogen-bond donors (Lipinski definition) is 1. The molecule has 0 fully saturated rings. The molecule has 0 aromatic carbocycles. The fourth-order valence-corrected chi connectivity index (χ4v) is 1.78. The van der Waals surface area contributed by atoms with Crippen LogP contribution in [0.15, 0.2) is 23.0 Å². The quantitative estimate of drug-likeness (QED) is 0.856. The number of aryl methyl sites for hydroxylation is 2. The third-order valence-electron chi connectivity index (χ3n) is 2.77. The van der Waals surface area contributed by atoms with E-state index in [1.165, 1.54) is 0 Å². The van der Waals surface area contributed by atoms with Crippen molar-refractivity contribution in [1.82, 2.24) is 15.1 Å². The summed E-state index contributed by atoms with van der Waals surface area (Å²) in [5.74, 6) is 0.182. The first kappa shape index (κ1) is 13.2. The molecule has 0 aliphatic rings. The van der Waals surface area contributed by atoms with Gasteiger partial charge in [0.15, 0.2) is 0 Å². The van der Waals surface area contributed by atoms with E-state index in [1.54, 1.807) is 12.4 Å². The molecule has 19 heavy (non-hydrogen) atoms. The van der Waals surface area contributed by atoms with E-state index < -0.39 is 5.97 Å². The lowest BCUT2D eigenvalue weighted by Gasteiger charge is -2.00. The zero-order chi connectivity index (χ0) is 13.7. The molecule has 2 aromatic heterocycles. The van der Waals surface area contributed by atoms with E-state index in [0.29, 0.717) is 24.6 Å². The average Bonchev–Trinajstić information content (AvgIpc) is 2.87. The Kier molecular flexibility index (Phi) is 4.22. The minimum Gasteiger partial charge on any atom is -0.481 e. The largest absolute Gasteiger partial charge is 0.481 e. The van der Waals surface area contributed by atoms with Crippen LogP contribution >= 0.6 is 0 Å². The zero-order valence-corrected chi connectivity index (χ0v) is 10.7. The van der Waals surface area contributed by atoms with Gasteiger partial charge in [0.05, 0.1) is 0 Å². The molecule has 1 N–H and O–H groups in total. The van der Waals surface area contributed by atoms with Crippen molar-refractivity contribution in [3.05, 3.63) is 29.9 Å². The summed E-state index contributed by atoms with van der Waals surface area (Å²) >= 11 is 0. The molecule has 6 nitrogen and oxygen atoms in total. The smallest absolute Gasteiger partial charge is 0.303 e. The normalized spacial score (nSPS) is 10.6. The highest BCUT2D eigenvalue weighted by Crippen LogP contribution is 2.20. The van der Waals surface area contributed by atoms with E-state index in [1.807, 2.05) is 13.0 Å². The van der Waals surface area contributed by atoms with E-state index in [9.17, 15) is 4.79 Å². The molecular formula is C13H15N3O3. The number of aliphatic carboxylic acids is 1. The third-order valence-corrected chi connectivity index (χ3v) is 2.77. The molecule has 2 aromatic rings. The molecule has 0 aliphatic heterocycles. The Morgan fingerprint density at radius 1 is 1.47 bits per heavy atom. The van der Waals surface area contributed by atoms with Gasteiger partial charge in [-0.05, 0) is 24.5 Å². The lowest BCUT2D eigenvalue weighted by atomic mass is 10.1. The Labute approximate surface area is 110 Å². The summed E-state index contributed by atoms with van der Waals surface area (Å²) in [6, 6.07) is 1.85. The van der Waals surface area contributed by atoms with Gasteiger partial charge in [0.1, 0.15) is 0 Å². The summed E-state index contributed by atoms with van der Waals surface area (Å²) in [5, 5.41) is 12.5. The first-order valence-electron chi connectivity index (χ1n) is 6.18. The van der Waals surface area contributed by atoms with Crippen LogP contribution in [0.4, 0.5) is 0 Å². The van der Waals surface area contributed by atoms with Gasteiger partial charge >= 0.3 is 5.97 Å². The molecule has 0 unspecified atom stereocenters. The highest BCUT2D eigenvalue weighted by atomic mass is 16.5. The predicted molar refractivity (Wildman–Crippen MR) is 67.5 cm³/mol. The van der Waals surface area contributed by atoms with Crippen LogP contribution in [0.3, 0.4) is 0 Å². The molecule has 6 heteroatoms. The minimum atomic E-state index is -0.817. The highest BCUT2D eigenvalue weighted by molar-refractivity contribution is 5.66. The SMILES string of the molecule is CCc1cnccc1-c1noc(CCCC(=O)O)n1. The second kappa shape index (κ2) is 6.08. The molecule has 0 atom stereocenters. The van der Waals surface area contributed by atoms with E-state index in [2.05, 4.69) is 15.1 Å². The van der Waals surface area contributed by atoms with Crippen LogP contribution in [0.2, 0.25) is 0 Å². The van der Waals surface area contributed by atoms with Gasteiger partial charge in [-0.15, -0.1) is 0 Å². The molecule has 2 rings (SSSR count). The van der Waals surface area contributed by atoms with Gasteiger partial charge in [0.2, 0.25) is 11.7 Å². The molecule has 0 saturated carbocycles. The van der Waals surface area contributed by atoms with Gasteiger partial charge in [-0.2, -0.15) is 4.98 Å². The van der Waals surface area contributed by atoms with E-state index in [0.717, 1.165) is 17.5 Å². The van der Waals surface area contributed by atoms with Gasteiger partial charge in [-0.1, -0.05) is 12.1 Å². The van der Waals surface area contributed by atoms with Crippen molar-refractivity contribution < 1.29 is 14.4 Å². The standard InChI is InChI=1S/C13H15N3O3/c1-2-9-8-14-7-6-10(9)13-15-11(19-16-13)4-3-5-12(17)18/h6-8H,2-5H2,1H3,(H,17,18). The first-order chi connectivity index (χ1) is 9.20. The molecule has 0 radical (unpaired) electrons. The molecule has 0 bridgehead atoms. The molecular weight excluding hydrogens is 246 g/mol. The van der Waals surface area contributed by atoms with Crippen molar-refractivity contribution in [2.75, 3.05) is 0 Å². The Bertz CT molecular complexity index is 566. The fraction of sp³-hybridized carbons (Fsp3) is 0.385. The lowest BCUT2D eigenvalue weighted by Crippen LogP contribution is -1.96. The monoisotopic (exact) mass is 261 g/mol. The number of carbonyl (C=O) groups is 1. The molecule has 0 amide bonds.